The second-order valence-corrected chi connectivity index (χ2v) is 4.26. The monoisotopic (exact) mass is 242 g/mol. The third-order valence-corrected chi connectivity index (χ3v) is 2.95. The van der Waals surface area contributed by atoms with Crippen LogP contribution in [0.5, 0.6) is 17.2 Å². The van der Waals surface area contributed by atoms with Gasteiger partial charge in [-0.05, 0) is 35.4 Å². The molecule has 1 heterocycles. The van der Waals surface area contributed by atoms with Gasteiger partial charge in [-0.25, -0.2) is 0 Å². The summed E-state index contributed by atoms with van der Waals surface area (Å²) in [4.78, 5) is 0. The van der Waals surface area contributed by atoms with Crippen molar-refractivity contribution in [2.75, 3.05) is 13.2 Å². The lowest BCUT2D eigenvalue weighted by Crippen LogP contribution is -1.97. The first-order chi connectivity index (χ1) is 8.83. The maximum absolute atomic E-state index is 9.29. The summed E-state index contributed by atoms with van der Waals surface area (Å²) in [5, 5.41) is 9.29. The molecule has 0 aromatic heterocycles. The van der Waals surface area contributed by atoms with E-state index in [0.29, 0.717) is 13.2 Å². The van der Waals surface area contributed by atoms with Crippen molar-refractivity contribution in [1.29, 1.82) is 0 Å². The Morgan fingerprint density at radius 3 is 2.22 bits per heavy atom. The molecule has 1 aliphatic rings. The van der Waals surface area contributed by atoms with E-state index in [9.17, 15) is 5.11 Å². The van der Waals surface area contributed by atoms with Gasteiger partial charge in [0, 0.05) is 6.42 Å². The number of rotatable bonds is 1. The molecular weight excluding hydrogens is 228 g/mol. The fourth-order valence-corrected chi connectivity index (χ4v) is 2.00. The van der Waals surface area contributed by atoms with Crippen molar-refractivity contribution in [3.05, 3.63) is 42.5 Å². The van der Waals surface area contributed by atoms with Crippen LogP contribution in [0.3, 0.4) is 0 Å². The normalized spacial score (nSPS) is 14.0. The zero-order chi connectivity index (χ0) is 12.4. The van der Waals surface area contributed by atoms with Crippen LogP contribution in [-0.4, -0.2) is 18.3 Å². The highest BCUT2D eigenvalue weighted by Gasteiger charge is 2.11. The van der Waals surface area contributed by atoms with Crippen LogP contribution in [0.2, 0.25) is 0 Å². The molecular formula is C15H14O3. The molecule has 0 bridgehead atoms. The zero-order valence-electron chi connectivity index (χ0n) is 9.93. The van der Waals surface area contributed by atoms with Crippen LogP contribution in [0.1, 0.15) is 6.42 Å². The van der Waals surface area contributed by atoms with Gasteiger partial charge in [-0.3, -0.25) is 0 Å². The van der Waals surface area contributed by atoms with Crippen molar-refractivity contribution >= 4 is 0 Å². The van der Waals surface area contributed by atoms with E-state index < -0.39 is 0 Å². The second-order valence-electron chi connectivity index (χ2n) is 4.26. The first kappa shape index (κ1) is 11.0. The van der Waals surface area contributed by atoms with E-state index in [1.807, 2.05) is 30.3 Å². The van der Waals surface area contributed by atoms with Gasteiger partial charge in [0.15, 0.2) is 11.5 Å². The SMILES string of the molecule is Oc1ccc(-c2ccc3c(c2)OCCCO3)cc1. The van der Waals surface area contributed by atoms with Crippen LogP contribution in [0.4, 0.5) is 0 Å². The minimum absolute atomic E-state index is 0.271. The van der Waals surface area contributed by atoms with Crippen LogP contribution in [0, 0.1) is 0 Å². The van der Waals surface area contributed by atoms with Gasteiger partial charge in [0.1, 0.15) is 5.75 Å². The van der Waals surface area contributed by atoms with Crippen LogP contribution in [-0.2, 0) is 0 Å². The maximum atomic E-state index is 9.29. The number of hydrogen-bond donors (Lipinski definition) is 1. The van der Waals surface area contributed by atoms with Crippen molar-refractivity contribution < 1.29 is 14.6 Å². The molecule has 1 aliphatic heterocycles. The summed E-state index contributed by atoms with van der Waals surface area (Å²) in [5.74, 6) is 1.86. The van der Waals surface area contributed by atoms with Crippen molar-refractivity contribution in [1.82, 2.24) is 0 Å². The minimum Gasteiger partial charge on any atom is -0.508 e. The molecule has 92 valence electrons. The molecule has 0 unspecified atom stereocenters. The highest BCUT2D eigenvalue weighted by molar-refractivity contribution is 5.67. The first-order valence-corrected chi connectivity index (χ1v) is 6.02. The Bertz CT molecular complexity index is 546. The fourth-order valence-electron chi connectivity index (χ4n) is 2.00. The lowest BCUT2D eigenvalue weighted by atomic mass is 10.1. The van der Waals surface area contributed by atoms with Gasteiger partial charge in [-0.15, -0.1) is 0 Å². The van der Waals surface area contributed by atoms with Gasteiger partial charge in [-0.1, -0.05) is 18.2 Å². The molecule has 0 saturated carbocycles. The Morgan fingerprint density at radius 2 is 1.44 bits per heavy atom. The molecule has 0 radical (unpaired) electrons. The van der Waals surface area contributed by atoms with Gasteiger partial charge < -0.3 is 14.6 Å². The summed E-state index contributed by atoms with van der Waals surface area (Å²) in [5.41, 5.74) is 2.10. The van der Waals surface area contributed by atoms with Gasteiger partial charge in [-0.2, -0.15) is 0 Å². The first-order valence-electron chi connectivity index (χ1n) is 6.02. The van der Waals surface area contributed by atoms with E-state index in [1.54, 1.807) is 12.1 Å². The molecule has 3 rings (SSSR count). The number of hydrogen-bond acceptors (Lipinski definition) is 3. The third-order valence-electron chi connectivity index (χ3n) is 2.95. The molecule has 0 aliphatic carbocycles. The van der Waals surface area contributed by atoms with E-state index in [4.69, 9.17) is 9.47 Å². The molecule has 0 amide bonds. The molecule has 0 spiro atoms. The average Bonchev–Trinajstić information content (AvgIpc) is 2.64. The summed E-state index contributed by atoms with van der Waals surface area (Å²) in [6.07, 6.45) is 0.906. The highest BCUT2D eigenvalue weighted by Crippen LogP contribution is 2.34. The summed E-state index contributed by atoms with van der Waals surface area (Å²) in [7, 11) is 0. The predicted octanol–water partition coefficient (Wildman–Crippen LogP) is 3.22. The van der Waals surface area contributed by atoms with Crippen molar-refractivity contribution in [2.24, 2.45) is 0 Å². The van der Waals surface area contributed by atoms with Crippen molar-refractivity contribution in [3.63, 3.8) is 0 Å². The summed E-state index contributed by atoms with van der Waals surface area (Å²) in [6.45, 7) is 1.39. The van der Waals surface area contributed by atoms with Gasteiger partial charge in [0.05, 0.1) is 13.2 Å². The Hall–Kier alpha value is -2.16. The topological polar surface area (TPSA) is 38.7 Å². The number of aromatic hydroxyl groups is 1. The minimum atomic E-state index is 0.271. The van der Waals surface area contributed by atoms with Crippen LogP contribution in [0.15, 0.2) is 42.5 Å². The second kappa shape index (κ2) is 4.61. The van der Waals surface area contributed by atoms with Crippen molar-refractivity contribution in [3.8, 4) is 28.4 Å². The van der Waals surface area contributed by atoms with E-state index in [1.165, 1.54) is 0 Å². The molecule has 2 aromatic carbocycles. The lowest BCUT2D eigenvalue weighted by molar-refractivity contribution is 0.297. The molecule has 18 heavy (non-hydrogen) atoms. The quantitative estimate of drug-likeness (QED) is 0.834. The Morgan fingerprint density at radius 1 is 0.778 bits per heavy atom. The number of phenolic OH excluding ortho intramolecular Hbond substituents is 1. The Balaban J connectivity index is 1.98. The molecule has 2 aromatic rings. The highest BCUT2D eigenvalue weighted by atomic mass is 16.5. The number of phenols is 1. The van der Waals surface area contributed by atoms with Crippen molar-refractivity contribution in [2.45, 2.75) is 6.42 Å². The van der Waals surface area contributed by atoms with Crippen LogP contribution >= 0.6 is 0 Å². The smallest absolute Gasteiger partial charge is 0.161 e. The summed E-state index contributed by atoms with van der Waals surface area (Å²) in [6, 6.07) is 13.0. The van der Waals surface area contributed by atoms with Crippen LogP contribution in [0.25, 0.3) is 11.1 Å². The van der Waals surface area contributed by atoms with Gasteiger partial charge in [0.25, 0.3) is 0 Å². The van der Waals surface area contributed by atoms with E-state index in [2.05, 4.69) is 0 Å². The lowest BCUT2D eigenvalue weighted by Gasteiger charge is -2.09. The van der Waals surface area contributed by atoms with E-state index >= 15 is 0 Å². The van der Waals surface area contributed by atoms with Gasteiger partial charge >= 0.3 is 0 Å². The Kier molecular flexibility index (Phi) is 2.81. The van der Waals surface area contributed by atoms with Crippen LogP contribution < -0.4 is 9.47 Å². The predicted molar refractivity (Wildman–Crippen MR) is 69.1 cm³/mol. The average molecular weight is 242 g/mol. The fraction of sp³-hybridized carbons (Fsp3) is 0.200. The molecule has 3 nitrogen and oxygen atoms in total. The standard InChI is InChI=1S/C15H14O3/c16-13-5-2-11(3-6-13)12-4-7-14-15(10-12)18-9-1-8-17-14/h2-7,10,16H,1,8-9H2. The molecule has 3 heteroatoms. The number of ether oxygens (including phenoxy) is 2. The summed E-state index contributed by atoms with van der Waals surface area (Å²) >= 11 is 0. The molecule has 0 atom stereocenters. The Labute approximate surface area is 106 Å². The molecule has 0 fully saturated rings. The van der Waals surface area contributed by atoms with E-state index in [-0.39, 0.29) is 5.75 Å². The summed E-state index contributed by atoms with van der Waals surface area (Å²) < 4.78 is 11.3. The zero-order valence-corrected chi connectivity index (χ0v) is 9.93. The van der Waals surface area contributed by atoms with Gasteiger partial charge in [0.2, 0.25) is 0 Å². The number of fused-ring (bicyclic) bond motifs is 1. The largest absolute Gasteiger partial charge is 0.508 e. The number of benzene rings is 2. The maximum Gasteiger partial charge on any atom is 0.161 e. The molecule has 1 N–H and O–H groups in total. The van der Waals surface area contributed by atoms with E-state index in [0.717, 1.165) is 29.0 Å². The molecule has 0 saturated heterocycles. The third kappa shape index (κ3) is 2.12.